The number of rotatable bonds is 16. The molecule has 7 rings (SSSR count). The molecule has 0 aliphatic heterocycles. The van der Waals surface area contributed by atoms with Crippen LogP contribution in [0, 0.1) is 6.92 Å². The molecule has 0 saturated heterocycles. The molecule has 0 fully saturated rings. The predicted octanol–water partition coefficient (Wildman–Crippen LogP) is 10.8. The van der Waals surface area contributed by atoms with E-state index in [1.807, 2.05) is 48.5 Å². The number of fused-ring (bicyclic) bond motifs is 2. The number of azo groups is 2. The molecule has 17 nitrogen and oxygen atoms in total. The molecule has 0 bridgehead atoms. The number of carbonyl (C=O) groups excluding carboxylic acids is 1. The molecule has 0 aromatic heterocycles. The molecule has 0 unspecified atom stereocenters. The van der Waals surface area contributed by atoms with Crippen molar-refractivity contribution in [2.45, 2.75) is 18.2 Å². The van der Waals surface area contributed by atoms with Crippen molar-refractivity contribution < 1.29 is 50.1 Å². The van der Waals surface area contributed by atoms with E-state index in [1.54, 1.807) is 55.5 Å². The maximum absolute atomic E-state index is 13.5. The lowest BCUT2D eigenvalue weighted by atomic mass is 10.1. The van der Waals surface area contributed by atoms with E-state index in [4.69, 9.17) is 18.8 Å². The summed E-state index contributed by atoms with van der Waals surface area (Å²) in [4.78, 5) is 13.0. The second-order valence-electron chi connectivity index (χ2n) is 14.2. The van der Waals surface area contributed by atoms with Gasteiger partial charge >= 0.3 is 0 Å². The fraction of sp³-hybridized carbons (Fsp3) is 0.133. The summed E-state index contributed by atoms with van der Waals surface area (Å²) in [5, 5.41) is 36.5. The Kier molecular flexibility index (Phi) is 13.2. The molecule has 0 radical (unpaired) electrons. The topological polar surface area (TPSA) is 247 Å². The zero-order chi connectivity index (χ0) is 45.6. The summed E-state index contributed by atoms with van der Waals surface area (Å²) in [6.45, 7) is 1.61. The van der Waals surface area contributed by atoms with E-state index in [1.165, 1.54) is 38.5 Å². The standard InChI is InChI=1S/C45H40N6O11S2/c1-27-21-30(45(53)47-39-24-34-28(23-43(39)64(57,58)59)9-7-12-40(34)62-19-8-20-63(54,55)56)14-17-35(27)48-50-37-25-42(61-3)38(26-41(37)60-2)51-49-36-18-13-29-22-32(15-16-33(29)44(36)52)46-31-10-5-4-6-11-31/h4-7,9-18,21-26,46,52H,8,19-20H2,1-3H3,(H,47,53)(H,54,55,56)(H,57,58,59). The number of nitrogens with zero attached hydrogens (tertiary/aromatic N) is 4. The van der Waals surface area contributed by atoms with E-state index in [-0.39, 0.29) is 64.3 Å². The molecule has 0 spiro atoms. The second kappa shape index (κ2) is 18.9. The molecule has 0 aliphatic rings. The van der Waals surface area contributed by atoms with Gasteiger partial charge < -0.3 is 30.0 Å². The first-order valence-electron chi connectivity index (χ1n) is 19.3. The largest absolute Gasteiger partial charge is 0.505 e. The molecular weight excluding hydrogens is 865 g/mol. The third kappa shape index (κ3) is 10.6. The summed E-state index contributed by atoms with van der Waals surface area (Å²) in [6.07, 6.45) is -0.0198. The summed E-state index contributed by atoms with van der Waals surface area (Å²) in [5.74, 6) is -0.461. The van der Waals surface area contributed by atoms with Gasteiger partial charge in [-0.05, 0) is 102 Å². The number of phenols is 1. The van der Waals surface area contributed by atoms with E-state index in [0.29, 0.717) is 27.4 Å². The highest BCUT2D eigenvalue weighted by molar-refractivity contribution is 7.86. The summed E-state index contributed by atoms with van der Waals surface area (Å²) in [6, 6.07) is 33.7. The van der Waals surface area contributed by atoms with Gasteiger partial charge in [0, 0.05) is 39.8 Å². The molecule has 328 valence electrons. The third-order valence-corrected chi connectivity index (χ3v) is 11.5. The van der Waals surface area contributed by atoms with Gasteiger partial charge in [-0.15, -0.1) is 15.3 Å². The minimum atomic E-state index is -4.82. The number of hydrogen-bond acceptors (Lipinski definition) is 14. The van der Waals surface area contributed by atoms with Gasteiger partial charge in [0.05, 0.1) is 38.0 Å². The van der Waals surface area contributed by atoms with Crippen LogP contribution in [0.2, 0.25) is 0 Å². The molecular formula is C45H40N6O11S2. The Hall–Kier alpha value is -7.45. The molecule has 0 saturated carbocycles. The summed E-state index contributed by atoms with van der Waals surface area (Å²) < 4.78 is 83.0. The van der Waals surface area contributed by atoms with Crippen LogP contribution in [0.25, 0.3) is 21.5 Å². The number of phenolic OH excluding ortho intramolecular Hbond substituents is 1. The van der Waals surface area contributed by atoms with Gasteiger partial charge in [-0.3, -0.25) is 13.9 Å². The van der Waals surface area contributed by atoms with Crippen molar-refractivity contribution in [3.8, 4) is 23.0 Å². The van der Waals surface area contributed by atoms with E-state index in [0.717, 1.165) is 16.8 Å². The SMILES string of the molecule is COc1cc(N=Nc2ccc3cc(Nc4ccccc4)ccc3c2O)c(OC)cc1N=Nc1ccc(C(=O)Nc2cc3c(OCCCS(=O)(=O)O)cccc3cc2S(=O)(=O)O)cc1C. The summed E-state index contributed by atoms with van der Waals surface area (Å²) >= 11 is 0. The number of ether oxygens (including phenoxy) is 3. The van der Waals surface area contributed by atoms with E-state index in [9.17, 15) is 31.3 Å². The molecule has 64 heavy (non-hydrogen) atoms. The Morgan fingerprint density at radius 3 is 1.95 bits per heavy atom. The van der Waals surface area contributed by atoms with Crippen molar-refractivity contribution in [3.05, 3.63) is 132 Å². The van der Waals surface area contributed by atoms with Crippen LogP contribution in [0.1, 0.15) is 22.3 Å². The van der Waals surface area contributed by atoms with Crippen LogP contribution >= 0.6 is 0 Å². The number of aromatic hydroxyl groups is 1. The minimum Gasteiger partial charge on any atom is -0.505 e. The number of benzene rings is 7. The quantitative estimate of drug-likeness (QED) is 0.0345. The number of aryl methyl sites for hydroxylation is 1. The van der Waals surface area contributed by atoms with Crippen molar-refractivity contribution in [2.24, 2.45) is 20.5 Å². The lowest BCUT2D eigenvalue weighted by Crippen LogP contribution is -2.15. The average molecular weight is 905 g/mol. The maximum Gasteiger partial charge on any atom is 0.296 e. The van der Waals surface area contributed by atoms with E-state index in [2.05, 4.69) is 31.1 Å². The van der Waals surface area contributed by atoms with Crippen LogP contribution < -0.4 is 24.8 Å². The Balaban J connectivity index is 1.08. The Morgan fingerprint density at radius 2 is 1.30 bits per heavy atom. The fourth-order valence-corrected chi connectivity index (χ4v) is 7.77. The van der Waals surface area contributed by atoms with Crippen molar-refractivity contribution >= 4 is 87.5 Å². The van der Waals surface area contributed by atoms with Gasteiger partial charge in [-0.2, -0.15) is 21.9 Å². The molecule has 0 heterocycles. The number of hydrogen-bond donors (Lipinski definition) is 5. The van der Waals surface area contributed by atoms with Gasteiger partial charge in [-0.25, -0.2) is 0 Å². The number of para-hydroxylation sites is 1. The first-order valence-corrected chi connectivity index (χ1v) is 22.4. The van der Waals surface area contributed by atoms with Crippen molar-refractivity contribution in [2.75, 3.05) is 37.2 Å². The number of nitrogens with one attached hydrogen (secondary N) is 2. The first-order chi connectivity index (χ1) is 30.6. The lowest BCUT2D eigenvalue weighted by molar-refractivity contribution is 0.102. The van der Waals surface area contributed by atoms with Crippen LogP contribution in [0.5, 0.6) is 23.0 Å². The van der Waals surface area contributed by atoms with Gasteiger partial charge in [0.1, 0.15) is 39.2 Å². The van der Waals surface area contributed by atoms with Crippen LogP contribution in [0.4, 0.5) is 39.8 Å². The number of methoxy groups -OCH3 is 2. The zero-order valence-electron chi connectivity index (χ0n) is 34.4. The van der Waals surface area contributed by atoms with Crippen molar-refractivity contribution in [1.82, 2.24) is 0 Å². The highest BCUT2D eigenvalue weighted by Gasteiger charge is 2.21. The zero-order valence-corrected chi connectivity index (χ0v) is 36.0. The van der Waals surface area contributed by atoms with Crippen molar-refractivity contribution in [3.63, 3.8) is 0 Å². The number of carbonyl (C=O) groups is 1. The predicted molar refractivity (Wildman–Crippen MR) is 243 cm³/mol. The van der Waals surface area contributed by atoms with Gasteiger partial charge in [0.25, 0.3) is 26.1 Å². The van der Waals surface area contributed by atoms with E-state index < -0.39 is 36.8 Å². The maximum atomic E-state index is 13.5. The van der Waals surface area contributed by atoms with Gasteiger partial charge in [0.15, 0.2) is 5.75 Å². The van der Waals surface area contributed by atoms with Crippen LogP contribution in [0.3, 0.4) is 0 Å². The molecule has 7 aromatic carbocycles. The van der Waals surface area contributed by atoms with Crippen LogP contribution in [-0.4, -0.2) is 63.5 Å². The summed E-state index contributed by atoms with van der Waals surface area (Å²) in [5.41, 5.74) is 3.40. The fourth-order valence-electron chi connectivity index (χ4n) is 6.63. The monoisotopic (exact) mass is 904 g/mol. The van der Waals surface area contributed by atoms with Gasteiger partial charge in [0.2, 0.25) is 0 Å². The second-order valence-corrected chi connectivity index (χ2v) is 17.2. The Labute approximate surface area is 367 Å². The Morgan fingerprint density at radius 1 is 0.641 bits per heavy atom. The highest BCUT2D eigenvalue weighted by atomic mass is 32.2. The molecule has 0 aliphatic carbocycles. The smallest absolute Gasteiger partial charge is 0.296 e. The molecule has 5 N–H and O–H groups in total. The summed E-state index contributed by atoms with van der Waals surface area (Å²) in [7, 11) is -6.12. The molecule has 1 amide bonds. The minimum absolute atomic E-state index is 0.0198. The van der Waals surface area contributed by atoms with Gasteiger partial charge in [-0.1, -0.05) is 36.4 Å². The van der Waals surface area contributed by atoms with E-state index >= 15 is 0 Å². The highest BCUT2D eigenvalue weighted by Crippen LogP contribution is 2.43. The third-order valence-electron chi connectivity index (χ3n) is 9.77. The van der Waals surface area contributed by atoms with Crippen molar-refractivity contribution in [1.29, 1.82) is 0 Å². The normalized spacial score (nSPS) is 12.0. The first kappa shape index (κ1) is 44.6. The number of amides is 1. The Bertz CT molecular complexity index is 3200. The lowest BCUT2D eigenvalue weighted by Gasteiger charge is -2.14. The number of anilines is 3. The average Bonchev–Trinajstić information content (AvgIpc) is 3.26. The van der Waals surface area contributed by atoms with Crippen LogP contribution in [-0.2, 0) is 20.2 Å². The van der Waals surface area contributed by atoms with Crippen LogP contribution in [0.15, 0.2) is 147 Å². The molecule has 0 atom stereocenters. The molecule has 19 heteroatoms. The molecule has 7 aromatic rings.